The molecule has 2 aromatic rings. The van der Waals surface area contributed by atoms with Crippen molar-refractivity contribution in [1.29, 1.82) is 0 Å². The average Bonchev–Trinajstić information content (AvgIpc) is 2.69. The minimum absolute atomic E-state index is 0.0779. The molecule has 0 saturated carbocycles. The highest BCUT2D eigenvalue weighted by atomic mass is 35.5. The van der Waals surface area contributed by atoms with E-state index < -0.39 is 0 Å². The van der Waals surface area contributed by atoms with Crippen molar-refractivity contribution >= 4 is 40.2 Å². The van der Waals surface area contributed by atoms with Gasteiger partial charge in [0.15, 0.2) is 5.75 Å². The molecule has 0 unspecified atom stereocenters. The molecule has 0 aliphatic heterocycles. The van der Waals surface area contributed by atoms with Gasteiger partial charge < -0.3 is 10.4 Å². The lowest BCUT2D eigenvalue weighted by atomic mass is 10.3. The topological polar surface area (TPSA) is 32.3 Å². The Bertz CT molecular complexity index is 516. The quantitative estimate of drug-likeness (QED) is 0.804. The Hall–Kier alpha value is -0.900. The fourth-order valence-corrected chi connectivity index (χ4v) is 2.75. The van der Waals surface area contributed by atoms with E-state index >= 15 is 0 Å². The van der Waals surface area contributed by atoms with E-state index in [1.807, 2.05) is 0 Å². The van der Waals surface area contributed by atoms with E-state index in [4.69, 9.17) is 23.2 Å². The lowest BCUT2D eigenvalue weighted by Crippen LogP contribution is -1.97. The molecule has 0 amide bonds. The molecule has 2 nitrogen and oxygen atoms in total. The van der Waals surface area contributed by atoms with Crippen LogP contribution < -0.4 is 5.32 Å². The van der Waals surface area contributed by atoms with Crippen LogP contribution in [0.5, 0.6) is 5.75 Å². The highest BCUT2D eigenvalue weighted by Crippen LogP contribution is 2.34. The molecule has 0 bridgehead atoms. The van der Waals surface area contributed by atoms with Crippen LogP contribution in [-0.2, 0) is 6.54 Å². The third-order valence-corrected chi connectivity index (χ3v) is 3.86. The van der Waals surface area contributed by atoms with Gasteiger partial charge in [0.2, 0.25) is 0 Å². The van der Waals surface area contributed by atoms with Gasteiger partial charge in [0.1, 0.15) is 0 Å². The SMILES string of the molecule is Cc1ccc(CNc2cc(Cl)c(O)c(Cl)c2)s1. The minimum Gasteiger partial charge on any atom is -0.505 e. The standard InChI is InChI=1S/C12H11Cl2NOS/c1-7-2-3-9(17-7)6-15-8-4-10(13)12(16)11(14)5-8/h2-5,15-16H,6H2,1H3. The molecule has 90 valence electrons. The second kappa shape index (κ2) is 5.17. The number of hydrogen-bond acceptors (Lipinski definition) is 3. The molecule has 0 spiro atoms. The first-order valence-corrected chi connectivity index (χ1v) is 6.60. The van der Waals surface area contributed by atoms with Crippen LogP contribution in [-0.4, -0.2) is 5.11 Å². The number of benzene rings is 1. The molecule has 0 saturated heterocycles. The van der Waals surface area contributed by atoms with E-state index in [-0.39, 0.29) is 15.8 Å². The van der Waals surface area contributed by atoms with E-state index in [2.05, 4.69) is 24.4 Å². The number of aromatic hydroxyl groups is 1. The van der Waals surface area contributed by atoms with Gasteiger partial charge in [-0.05, 0) is 31.2 Å². The molecule has 0 aliphatic carbocycles. The number of aryl methyl sites for hydroxylation is 1. The molecule has 0 radical (unpaired) electrons. The Balaban J connectivity index is 2.09. The number of phenolic OH excluding ortho intramolecular Hbond substituents is 1. The van der Waals surface area contributed by atoms with Crippen molar-refractivity contribution in [3.63, 3.8) is 0 Å². The summed E-state index contributed by atoms with van der Waals surface area (Å²) in [5, 5.41) is 13.1. The minimum atomic E-state index is -0.0779. The predicted octanol–water partition coefficient (Wildman–Crippen LogP) is 4.68. The summed E-state index contributed by atoms with van der Waals surface area (Å²) in [6.07, 6.45) is 0. The Morgan fingerprint density at radius 1 is 1.24 bits per heavy atom. The number of phenols is 1. The molecule has 0 aliphatic rings. The van der Waals surface area contributed by atoms with Crippen LogP contribution in [0.15, 0.2) is 24.3 Å². The molecule has 0 atom stereocenters. The highest BCUT2D eigenvalue weighted by Gasteiger charge is 2.06. The number of hydrogen-bond donors (Lipinski definition) is 2. The molecule has 5 heteroatoms. The molecule has 1 aromatic heterocycles. The van der Waals surface area contributed by atoms with Gasteiger partial charge in [0, 0.05) is 22.0 Å². The van der Waals surface area contributed by atoms with Crippen molar-refractivity contribution in [1.82, 2.24) is 0 Å². The maximum atomic E-state index is 9.43. The summed E-state index contributed by atoms with van der Waals surface area (Å²) in [6, 6.07) is 7.47. The number of nitrogens with one attached hydrogen (secondary N) is 1. The first-order chi connectivity index (χ1) is 8.06. The smallest absolute Gasteiger partial charge is 0.152 e. The summed E-state index contributed by atoms with van der Waals surface area (Å²) in [7, 11) is 0. The van der Waals surface area contributed by atoms with Crippen LogP contribution in [0.3, 0.4) is 0 Å². The average molecular weight is 288 g/mol. The zero-order valence-corrected chi connectivity index (χ0v) is 11.5. The lowest BCUT2D eigenvalue weighted by molar-refractivity contribution is 0.476. The van der Waals surface area contributed by atoms with Gasteiger partial charge in [-0.25, -0.2) is 0 Å². The van der Waals surface area contributed by atoms with Crippen molar-refractivity contribution in [2.75, 3.05) is 5.32 Å². The second-order valence-electron chi connectivity index (χ2n) is 3.65. The summed E-state index contributed by atoms with van der Waals surface area (Å²) in [5.74, 6) is -0.0779. The third kappa shape index (κ3) is 3.06. The molecular weight excluding hydrogens is 277 g/mol. The van der Waals surface area contributed by atoms with Gasteiger partial charge in [0.25, 0.3) is 0 Å². The largest absolute Gasteiger partial charge is 0.505 e. The lowest BCUT2D eigenvalue weighted by Gasteiger charge is -2.07. The van der Waals surface area contributed by atoms with Crippen LogP contribution in [0, 0.1) is 6.92 Å². The van der Waals surface area contributed by atoms with E-state index in [9.17, 15) is 5.11 Å². The van der Waals surface area contributed by atoms with Gasteiger partial charge in [-0.2, -0.15) is 0 Å². The zero-order chi connectivity index (χ0) is 12.4. The predicted molar refractivity (Wildman–Crippen MR) is 74.5 cm³/mol. The summed E-state index contributed by atoms with van der Waals surface area (Å²) < 4.78 is 0. The van der Waals surface area contributed by atoms with Crippen molar-refractivity contribution < 1.29 is 5.11 Å². The molecular formula is C12H11Cl2NOS. The first kappa shape index (κ1) is 12.6. The Morgan fingerprint density at radius 2 is 1.88 bits per heavy atom. The normalized spacial score (nSPS) is 10.5. The van der Waals surface area contributed by atoms with Gasteiger partial charge in [-0.3, -0.25) is 0 Å². The van der Waals surface area contributed by atoms with Crippen molar-refractivity contribution in [3.8, 4) is 5.75 Å². The fraction of sp³-hybridized carbons (Fsp3) is 0.167. The summed E-state index contributed by atoms with van der Waals surface area (Å²) in [4.78, 5) is 2.52. The molecule has 2 rings (SSSR count). The van der Waals surface area contributed by atoms with E-state index in [1.165, 1.54) is 9.75 Å². The maximum Gasteiger partial charge on any atom is 0.152 e. The van der Waals surface area contributed by atoms with E-state index in [0.29, 0.717) is 0 Å². The fourth-order valence-electron chi connectivity index (χ4n) is 1.44. The van der Waals surface area contributed by atoms with Crippen LogP contribution >= 0.6 is 34.5 Å². The number of anilines is 1. The van der Waals surface area contributed by atoms with E-state index in [0.717, 1.165) is 12.2 Å². The second-order valence-corrected chi connectivity index (χ2v) is 5.84. The first-order valence-electron chi connectivity index (χ1n) is 5.03. The van der Waals surface area contributed by atoms with Crippen LogP contribution in [0.2, 0.25) is 10.0 Å². The van der Waals surface area contributed by atoms with Gasteiger partial charge in [0.05, 0.1) is 10.0 Å². The van der Waals surface area contributed by atoms with E-state index in [1.54, 1.807) is 23.5 Å². The molecule has 17 heavy (non-hydrogen) atoms. The molecule has 2 N–H and O–H groups in total. The van der Waals surface area contributed by atoms with Gasteiger partial charge in [-0.15, -0.1) is 11.3 Å². The van der Waals surface area contributed by atoms with Gasteiger partial charge >= 0.3 is 0 Å². The Labute approximate surface area is 114 Å². The van der Waals surface area contributed by atoms with Crippen LogP contribution in [0.25, 0.3) is 0 Å². The van der Waals surface area contributed by atoms with Crippen LogP contribution in [0.1, 0.15) is 9.75 Å². The number of thiophene rings is 1. The van der Waals surface area contributed by atoms with Crippen LogP contribution in [0.4, 0.5) is 5.69 Å². The summed E-state index contributed by atoms with van der Waals surface area (Å²) in [6.45, 7) is 2.79. The zero-order valence-electron chi connectivity index (χ0n) is 9.13. The van der Waals surface area contributed by atoms with Gasteiger partial charge in [-0.1, -0.05) is 23.2 Å². The third-order valence-electron chi connectivity index (χ3n) is 2.28. The highest BCUT2D eigenvalue weighted by molar-refractivity contribution is 7.11. The Morgan fingerprint density at radius 3 is 2.41 bits per heavy atom. The summed E-state index contributed by atoms with van der Waals surface area (Å²) >= 11 is 13.4. The monoisotopic (exact) mass is 287 g/mol. The molecule has 1 aromatic carbocycles. The number of rotatable bonds is 3. The maximum absolute atomic E-state index is 9.43. The Kier molecular flexibility index (Phi) is 3.82. The molecule has 1 heterocycles. The van der Waals surface area contributed by atoms with Crippen molar-refractivity contribution in [3.05, 3.63) is 44.1 Å². The number of halogens is 2. The van der Waals surface area contributed by atoms with Crippen molar-refractivity contribution in [2.24, 2.45) is 0 Å². The van der Waals surface area contributed by atoms with Crippen molar-refractivity contribution in [2.45, 2.75) is 13.5 Å². The molecule has 0 fully saturated rings. The summed E-state index contributed by atoms with van der Waals surface area (Å²) in [5.41, 5.74) is 0.795.